The second kappa shape index (κ2) is 3.09. The van der Waals surface area contributed by atoms with Crippen LogP contribution in [0.15, 0.2) is 0 Å². The third-order valence-corrected chi connectivity index (χ3v) is 2.99. The average molecular weight is 201 g/mol. The molecule has 0 saturated heterocycles. The topological polar surface area (TPSA) is 0 Å². The Bertz CT molecular complexity index is 158. The Morgan fingerprint density at radius 2 is 1.92 bits per heavy atom. The first-order valence-electron chi connectivity index (χ1n) is 4.00. The zero-order valence-electron chi connectivity index (χ0n) is 6.92. The van der Waals surface area contributed by atoms with Crippen LogP contribution in [-0.4, -0.2) is 12.1 Å². The zero-order chi connectivity index (χ0) is 9.41. The largest absolute Gasteiger partial charge is 0.389 e. The predicted molar refractivity (Wildman–Crippen MR) is 42.2 cm³/mol. The number of hydrogen-bond donors (Lipinski definition) is 0. The Labute approximate surface area is 75.1 Å². The first-order chi connectivity index (χ1) is 5.37. The molecule has 0 aliphatic heterocycles. The molecule has 0 spiro atoms. The quantitative estimate of drug-likeness (QED) is 0.598. The van der Waals surface area contributed by atoms with Gasteiger partial charge in [-0.25, -0.2) is 0 Å². The van der Waals surface area contributed by atoms with Crippen molar-refractivity contribution in [3.63, 3.8) is 0 Å². The minimum absolute atomic E-state index is 0.136. The van der Waals surface area contributed by atoms with Crippen molar-refractivity contribution in [1.29, 1.82) is 0 Å². The van der Waals surface area contributed by atoms with Crippen molar-refractivity contribution >= 4 is 11.6 Å². The molecule has 0 aromatic rings. The molecule has 1 aliphatic rings. The average Bonchev–Trinajstić information content (AvgIpc) is 1.80. The van der Waals surface area contributed by atoms with Crippen molar-refractivity contribution in [1.82, 2.24) is 0 Å². The third kappa shape index (κ3) is 2.28. The van der Waals surface area contributed by atoms with Crippen molar-refractivity contribution in [3.8, 4) is 0 Å². The lowest BCUT2D eigenvalue weighted by atomic mass is 9.62. The van der Waals surface area contributed by atoms with E-state index in [0.717, 1.165) is 0 Å². The van der Waals surface area contributed by atoms with Crippen molar-refractivity contribution in [3.05, 3.63) is 0 Å². The van der Waals surface area contributed by atoms with Crippen molar-refractivity contribution in [2.45, 2.75) is 32.4 Å². The van der Waals surface area contributed by atoms with Gasteiger partial charge in [0.05, 0.1) is 6.42 Å². The molecule has 0 N–H and O–H groups in total. The Hall–Kier alpha value is 0.0800. The minimum atomic E-state index is -4.06. The molecular formula is C8H12ClF3. The molecule has 0 unspecified atom stereocenters. The summed E-state index contributed by atoms with van der Waals surface area (Å²) in [5.41, 5.74) is -0.640. The van der Waals surface area contributed by atoms with E-state index in [1.54, 1.807) is 0 Å². The summed E-state index contributed by atoms with van der Waals surface area (Å²) in [6.07, 6.45) is -3.53. The summed E-state index contributed by atoms with van der Waals surface area (Å²) in [5, 5.41) is 0. The second-order valence-corrected chi connectivity index (χ2v) is 4.21. The van der Waals surface area contributed by atoms with Crippen LogP contribution < -0.4 is 0 Å². The standard InChI is InChI=1S/C8H12ClF3/c1-6-2-7(3-6,5-9)4-8(10,11)12/h6H,2-5H2,1H3. The Morgan fingerprint density at radius 3 is 2.17 bits per heavy atom. The summed E-state index contributed by atoms with van der Waals surface area (Å²) in [4.78, 5) is 0. The van der Waals surface area contributed by atoms with E-state index in [9.17, 15) is 13.2 Å². The first kappa shape index (κ1) is 10.2. The fourth-order valence-corrected chi connectivity index (χ4v) is 2.46. The van der Waals surface area contributed by atoms with Crippen LogP contribution in [0.2, 0.25) is 0 Å². The monoisotopic (exact) mass is 200 g/mol. The van der Waals surface area contributed by atoms with Gasteiger partial charge in [0.25, 0.3) is 0 Å². The van der Waals surface area contributed by atoms with Crippen molar-refractivity contribution < 1.29 is 13.2 Å². The van der Waals surface area contributed by atoms with Crippen molar-refractivity contribution in [2.75, 3.05) is 5.88 Å². The van der Waals surface area contributed by atoms with Gasteiger partial charge in [0.1, 0.15) is 0 Å². The molecule has 1 rings (SSSR count). The maximum atomic E-state index is 12.0. The summed E-state index contributed by atoms with van der Waals surface area (Å²) in [7, 11) is 0. The van der Waals surface area contributed by atoms with Gasteiger partial charge in [0.2, 0.25) is 0 Å². The molecule has 0 radical (unpaired) electrons. The molecule has 4 heteroatoms. The van der Waals surface area contributed by atoms with Crippen LogP contribution in [0.5, 0.6) is 0 Å². The van der Waals surface area contributed by atoms with Gasteiger partial charge in [-0.15, -0.1) is 11.6 Å². The van der Waals surface area contributed by atoms with Gasteiger partial charge in [-0.1, -0.05) is 6.92 Å². The molecule has 1 fully saturated rings. The number of halogens is 4. The molecule has 12 heavy (non-hydrogen) atoms. The Balaban J connectivity index is 2.48. The Kier molecular flexibility index (Phi) is 2.62. The van der Waals surface area contributed by atoms with Crippen LogP contribution in [-0.2, 0) is 0 Å². The number of rotatable bonds is 2. The molecule has 1 aliphatic carbocycles. The molecule has 1 saturated carbocycles. The highest BCUT2D eigenvalue weighted by Gasteiger charge is 2.48. The summed E-state index contributed by atoms with van der Waals surface area (Å²) in [5.74, 6) is 0.544. The zero-order valence-corrected chi connectivity index (χ0v) is 7.67. The predicted octanol–water partition coefficient (Wildman–Crippen LogP) is 3.59. The van der Waals surface area contributed by atoms with E-state index < -0.39 is 18.0 Å². The molecule has 0 heterocycles. The molecule has 0 bridgehead atoms. The highest BCUT2D eigenvalue weighted by Crippen LogP contribution is 2.52. The van der Waals surface area contributed by atoms with Crippen LogP contribution in [0.3, 0.4) is 0 Å². The minimum Gasteiger partial charge on any atom is -0.171 e. The number of alkyl halides is 4. The molecule has 0 atom stereocenters. The van der Waals surface area contributed by atoms with Crippen LogP contribution in [0.25, 0.3) is 0 Å². The van der Waals surface area contributed by atoms with Crippen molar-refractivity contribution in [2.24, 2.45) is 11.3 Å². The van der Waals surface area contributed by atoms with Crippen LogP contribution in [0.1, 0.15) is 26.2 Å². The van der Waals surface area contributed by atoms with Gasteiger partial charge in [-0.3, -0.25) is 0 Å². The molecule has 0 aromatic heterocycles. The second-order valence-electron chi connectivity index (χ2n) is 3.94. The van der Waals surface area contributed by atoms with E-state index in [1.807, 2.05) is 6.92 Å². The van der Waals surface area contributed by atoms with E-state index in [0.29, 0.717) is 18.8 Å². The van der Waals surface area contributed by atoms with Gasteiger partial charge < -0.3 is 0 Å². The smallest absolute Gasteiger partial charge is 0.171 e. The number of hydrogen-bond acceptors (Lipinski definition) is 0. The lowest BCUT2D eigenvalue weighted by Gasteiger charge is -2.45. The fourth-order valence-electron chi connectivity index (χ4n) is 2.14. The summed E-state index contributed by atoms with van der Waals surface area (Å²) < 4.78 is 36.1. The van der Waals surface area contributed by atoms with Crippen LogP contribution in [0.4, 0.5) is 13.2 Å². The van der Waals surface area contributed by atoms with Gasteiger partial charge in [-0.2, -0.15) is 13.2 Å². The van der Waals surface area contributed by atoms with Gasteiger partial charge in [0.15, 0.2) is 0 Å². The SMILES string of the molecule is CC1CC(CCl)(CC(F)(F)F)C1. The normalized spacial score (nSPS) is 36.2. The third-order valence-electron chi connectivity index (χ3n) is 2.42. The summed E-state index contributed by atoms with van der Waals surface area (Å²) in [6.45, 7) is 1.96. The fraction of sp³-hybridized carbons (Fsp3) is 1.00. The molecule has 0 nitrogen and oxygen atoms in total. The maximum Gasteiger partial charge on any atom is 0.389 e. The lowest BCUT2D eigenvalue weighted by molar-refractivity contribution is -0.171. The summed E-state index contributed by atoms with van der Waals surface area (Å²) >= 11 is 5.53. The van der Waals surface area contributed by atoms with Gasteiger partial charge >= 0.3 is 6.18 Å². The molecular weight excluding hydrogens is 189 g/mol. The van der Waals surface area contributed by atoms with E-state index in [-0.39, 0.29) is 5.88 Å². The highest BCUT2D eigenvalue weighted by atomic mass is 35.5. The maximum absolute atomic E-state index is 12.0. The van der Waals surface area contributed by atoms with Crippen LogP contribution in [0, 0.1) is 11.3 Å². The lowest BCUT2D eigenvalue weighted by Crippen LogP contribution is -2.41. The first-order valence-corrected chi connectivity index (χ1v) is 4.53. The Morgan fingerprint density at radius 1 is 1.42 bits per heavy atom. The highest BCUT2D eigenvalue weighted by molar-refractivity contribution is 6.18. The molecule has 72 valence electrons. The molecule has 0 amide bonds. The summed E-state index contributed by atoms with van der Waals surface area (Å²) in [6, 6.07) is 0. The van der Waals surface area contributed by atoms with Gasteiger partial charge in [0, 0.05) is 5.88 Å². The van der Waals surface area contributed by atoms with E-state index >= 15 is 0 Å². The van der Waals surface area contributed by atoms with E-state index in [2.05, 4.69) is 0 Å². The molecule has 0 aromatic carbocycles. The van der Waals surface area contributed by atoms with E-state index in [1.165, 1.54) is 0 Å². The van der Waals surface area contributed by atoms with Crippen LogP contribution >= 0.6 is 11.6 Å². The van der Waals surface area contributed by atoms with E-state index in [4.69, 9.17) is 11.6 Å². The van der Waals surface area contributed by atoms with Gasteiger partial charge in [-0.05, 0) is 24.2 Å².